The summed E-state index contributed by atoms with van der Waals surface area (Å²) in [6.45, 7) is 2.68. The first kappa shape index (κ1) is 17.8. The maximum Gasteiger partial charge on any atom is 0.261 e. The number of phenolic OH excluding ortho intramolecular Hbond substituents is 1. The largest absolute Gasteiger partial charge is 0.507 e. The molecular weight excluding hydrogens is 380 g/mol. The van der Waals surface area contributed by atoms with Gasteiger partial charge in [-0.2, -0.15) is 10.2 Å². The van der Waals surface area contributed by atoms with Gasteiger partial charge in [0.15, 0.2) is 22.6 Å². The molecule has 3 aromatic heterocycles. The van der Waals surface area contributed by atoms with Crippen LogP contribution in [0.25, 0.3) is 23.0 Å². The van der Waals surface area contributed by atoms with Gasteiger partial charge in [-0.15, -0.1) is 10.2 Å². The van der Waals surface area contributed by atoms with Crippen molar-refractivity contribution in [2.75, 3.05) is 0 Å². The average molecular weight is 394 g/mol. The first-order valence-corrected chi connectivity index (χ1v) is 9.34. The van der Waals surface area contributed by atoms with E-state index in [0.717, 1.165) is 0 Å². The Bertz CT molecular complexity index is 1140. The van der Waals surface area contributed by atoms with Crippen LogP contribution in [0.3, 0.4) is 0 Å². The number of aromatic nitrogens is 5. The Morgan fingerprint density at radius 3 is 2.93 bits per heavy atom. The molecule has 9 nitrogen and oxygen atoms in total. The molecule has 0 aliphatic heterocycles. The molecule has 1 aromatic carbocycles. The highest BCUT2D eigenvalue weighted by molar-refractivity contribution is 7.98. The lowest BCUT2D eigenvalue weighted by atomic mass is 10.1. The number of furan rings is 1. The predicted octanol–water partition coefficient (Wildman–Crippen LogP) is 3.48. The van der Waals surface area contributed by atoms with E-state index in [1.807, 2.05) is 23.6 Å². The number of thioether (sulfide) groups is 1. The molecule has 0 atom stereocenters. The molecule has 28 heavy (non-hydrogen) atoms. The third-order valence-electron chi connectivity index (χ3n) is 3.93. The van der Waals surface area contributed by atoms with Crippen molar-refractivity contribution in [3.05, 3.63) is 48.0 Å². The van der Waals surface area contributed by atoms with E-state index in [4.69, 9.17) is 14.2 Å². The predicted molar refractivity (Wildman–Crippen MR) is 99.1 cm³/mol. The van der Waals surface area contributed by atoms with Crippen LogP contribution in [0.4, 0.5) is 0 Å². The quantitative estimate of drug-likeness (QED) is 0.489. The minimum Gasteiger partial charge on any atom is -0.507 e. The molecule has 4 aromatic rings. The standard InChI is InChI=1S/C18H14N6O3S/c1-2-24-16(14-4-3-7-26-14)21-22-18(24)28-10-15-20-17(27-23-15)12-8-11(9-19)5-6-13(12)25/h3-8,25H,2,10H2,1H3. The van der Waals surface area contributed by atoms with Gasteiger partial charge in [-0.1, -0.05) is 16.9 Å². The fraction of sp³-hybridized carbons (Fsp3) is 0.167. The van der Waals surface area contributed by atoms with Gasteiger partial charge >= 0.3 is 0 Å². The normalized spacial score (nSPS) is 10.9. The summed E-state index contributed by atoms with van der Waals surface area (Å²) < 4.78 is 12.6. The Hall–Kier alpha value is -3.58. The number of benzene rings is 1. The van der Waals surface area contributed by atoms with Gasteiger partial charge in [0, 0.05) is 6.54 Å². The minimum atomic E-state index is -0.0318. The van der Waals surface area contributed by atoms with E-state index < -0.39 is 0 Å². The van der Waals surface area contributed by atoms with Gasteiger partial charge in [-0.05, 0) is 37.3 Å². The zero-order chi connectivity index (χ0) is 19.5. The fourth-order valence-electron chi connectivity index (χ4n) is 2.60. The summed E-state index contributed by atoms with van der Waals surface area (Å²) >= 11 is 1.41. The van der Waals surface area contributed by atoms with Crippen molar-refractivity contribution in [1.82, 2.24) is 24.9 Å². The third-order valence-corrected chi connectivity index (χ3v) is 4.89. The minimum absolute atomic E-state index is 0.0318. The van der Waals surface area contributed by atoms with Crippen molar-refractivity contribution in [3.8, 4) is 34.9 Å². The van der Waals surface area contributed by atoms with Gasteiger partial charge in [-0.25, -0.2) is 0 Å². The second kappa shape index (κ2) is 7.58. The number of hydrogen-bond donors (Lipinski definition) is 1. The average Bonchev–Trinajstić information content (AvgIpc) is 3.46. The van der Waals surface area contributed by atoms with Crippen molar-refractivity contribution in [2.24, 2.45) is 0 Å². The molecular formula is C18H14N6O3S. The molecule has 4 rings (SSSR count). The van der Waals surface area contributed by atoms with E-state index in [1.165, 1.54) is 30.0 Å². The highest BCUT2D eigenvalue weighted by Gasteiger charge is 2.18. The van der Waals surface area contributed by atoms with Crippen LogP contribution >= 0.6 is 11.8 Å². The molecule has 0 unspecified atom stereocenters. The SMILES string of the molecule is CCn1c(SCc2noc(-c3cc(C#N)ccc3O)n2)nnc1-c1ccco1. The Labute approximate surface area is 163 Å². The molecule has 0 aliphatic rings. The van der Waals surface area contributed by atoms with E-state index in [0.29, 0.717) is 46.0 Å². The first-order valence-electron chi connectivity index (χ1n) is 8.35. The van der Waals surface area contributed by atoms with E-state index in [1.54, 1.807) is 12.3 Å². The Balaban J connectivity index is 1.52. The fourth-order valence-corrected chi connectivity index (χ4v) is 3.44. The van der Waals surface area contributed by atoms with Gasteiger partial charge in [0.2, 0.25) is 0 Å². The van der Waals surface area contributed by atoms with E-state index in [-0.39, 0.29) is 11.6 Å². The molecule has 0 bridgehead atoms. The van der Waals surface area contributed by atoms with Crippen LogP contribution in [0.5, 0.6) is 5.75 Å². The molecule has 3 heterocycles. The number of rotatable bonds is 6. The maximum absolute atomic E-state index is 9.99. The lowest BCUT2D eigenvalue weighted by Crippen LogP contribution is -1.99. The zero-order valence-electron chi connectivity index (χ0n) is 14.7. The van der Waals surface area contributed by atoms with Gasteiger partial charge in [0.1, 0.15) is 5.75 Å². The van der Waals surface area contributed by atoms with Crippen LogP contribution in [-0.4, -0.2) is 30.0 Å². The van der Waals surface area contributed by atoms with Crippen LogP contribution in [0, 0.1) is 11.3 Å². The van der Waals surface area contributed by atoms with E-state index in [9.17, 15) is 5.11 Å². The Morgan fingerprint density at radius 2 is 2.18 bits per heavy atom. The summed E-state index contributed by atoms with van der Waals surface area (Å²) in [6.07, 6.45) is 1.59. The number of nitrogens with zero attached hydrogens (tertiary/aromatic N) is 6. The molecule has 0 radical (unpaired) electrons. The number of nitriles is 1. The molecule has 10 heteroatoms. The highest BCUT2D eigenvalue weighted by Crippen LogP contribution is 2.30. The van der Waals surface area contributed by atoms with Crippen molar-refractivity contribution in [2.45, 2.75) is 24.4 Å². The molecule has 140 valence electrons. The second-order valence-electron chi connectivity index (χ2n) is 5.68. The first-order chi connectivity index (χ1) is 13.7. The molecule has 1 N–H and O–H groups in total. The lowest BCUT2D eigenvalue weighted by Gasteiger charge is -2.04. The van der Waals surface area contributed by atoms with Crippen LogP contribution in [0.2, 0.25) is 0 Å². The Morgan fingerprint density at radius 1 is 1.29 bits per heavy atom. The van der Waals surface area contributed by atoms with Gasteiger partial charge in [0.25, 0.3) is 5.89 Å². The number of hydrogen-bond acceptors (Lipinski definition) is 9. The molecule has 0 fully saturated rings. The third kappa shape index (κ3) is 3.35. The molecule has 0 spiro atoms. The van der Waals surface area contributed by atoms with Crippen molar-refractivity contribution in [3.63, 3.8) is 0 Å². The van der Waals surface area contributed by atoms with Gasteiger partial charge < -0.3 is 14.0 Å². The van der Waals surface area contributed by atoms with Crippen LogP contribution < -0.4 is 0 Å². The number of phenols is 1. The summed E-state index contributed by atoms with van der Waals surface area (Å²) in [6, 6.07) is 10.1. The van der Waals surface area contributed by atoms with Crippen molar-refractivity contribution in [1.29, 1.82) is 5.26 Å². The molecule has 0 saturated heterocycles. The topological polar surface area (TPSA) is 127 Å². The zero-order valence-corrected chi connectivity index (χ0v) is 15.6. The molecule has 0 amide bonds. The van der Waals surface area contributed by atoms with Crippen molar-refractivity contribution >= 4 is 11.8 Å². The monoisotopic (exact) mass is 394 g/mol. The van der Waals surface area contributed by atoms with Crippen LogP contribution in [0.15, 0.2) is 50.7 Å². The van der Waals surface area contributed by atoms with E-state index in [2.05, 4.69) is 20.3 Å². The maximum atomic E-state index is 9.99. The summed E-state index contributed by atoms with van der Waals surface area (Å²) in [7, 11) is 0. The summed E-state index contributed by atoms with van der Waals surface area (Å²) in [5.41, 5.74) is 0.711. The molecule has 0 saturated carbocycles. The van der Waals surface area contributed by atoms with Gasteiger partial charge in [-0.3, -0.25) is 4.57 Å². The van der Waals surface area contributed by atoms with E-state index >= 15 is 0 Å². The molecule has 0 aliphatic carbocycles. The summed E-state index contributed by atoms with van der Waals surface area (Å²) in [4.78, 5) is 4.30. The highest BCUT2D eigenvalue weighted by atomic mass is 32.2. The lowest BCUT2D eigenvalue weighted by molar-refractivity contribution is 0.419. The van der Waals surface area contributed by atoms with Gasteiger partial charge in [0.05, 0.1) is 29.2 Å². The second-order valence-corrected chi connectivity index (χ2v) is 6.62. The van der Waals surface area contributed by atoms with Crippen LogP contribution in [0.1, 0.15) is 18.3 Å². The van der Waals surface area contributed by atoms with Crippen LogP contribution in [-0.2, 0) is 12.3 Å². The smallest absolute Gasteiger partial charge is 0.261 e. The van der Waals surface area contributed by atoms with Crippen molar-refractivity contribution < 1.29 is 14.0 Å². The summed E-state index contributed by atoms with van der Waals surface area (Å²) in [5.74, 6) is 2.26. The Kier molecular flexibility index (Phi) is 4.82. The summed E-state index contributed by atoms with van der Waals surface area (Å²) in [5, 5.41) is 32.1. The number of aromatic hydroxyl groups is 1.